The minimum absolute atomic E-state index is 0.239. The molecule has 0 fully saturated rings. The molecular formula is C15H24O4Si. The average molecular weight is 296 g/mol. The summed E-state index contributed by atoms with van der Waals surface area (Å²) in [5.74, 6) is 0.372. The van der Waals surface area contributed by atoms with E-state index >= 15 is 0 Å². The van der Waals surface area contributed by atoms with Crippen LogP contribution < -0.4 is 4.74 Å². The number of rotatable bonds is 8. The summed E-state index contributed by atoms with van der Waals surface area (Å²) in [5.41, 5.74) is 0.527. The first-order valence-electron chi connectivity index (χ1n) is 6.90. The van der Waals surface area contributed by atoms with Gasteiger partial charge in [-0.2, -0.15) is 0 Å². The number of ether oxygens (including phenoxy) is 3. The van der Waals surface area contributed by atoms with Crippen LogP contribution in [0.25, 0.3) is 0 Å². The highest BCUT2D eigenvalue weighted by Crippen LogP contribution is 2.13. The second-order valence-corrected chi connectivity index (χ2v) is 11.3. The Labute approximate surface area is 122 Å². The van der Waals surface area contributed by atoms with E-state index in [1.165, 1.54) is 0 Å². The molecule has 0 saturated heterocycles. The second kappa shape index (κ2) is 8.07. The lowest BCUT2D eigenvalue weighted by atomic mass is 10.2. The van der Waals surface area contributed by atoms with E-state index in [0.29, 0.717) is 17.9 Å². The lowest BCUT2D eigenvalue weighted by Gasteiger charge is -2.15. The number of esters is 1. The molecule has 0 aliphatic rings. The van der Waals surface area contributed by atoms with Gasteiger partial charge < -0.3 is 14.2 Å². The largest absolute Gasteiger partial charge is 0.468 e. The van der Waals surface area contributed by atoms with Gasteiger partial charge in [0, 0.05) is 14.7 Å². The van der Waals surface area contributed by atoms with Gasteiger partial charge in [0.25, 0.3) is 0 Å². The molecule has 0 radical (unpaired) electrons. The molecule has 4 nitrogen and oxygen atoms in total. The highest BCUT2D eigenvalue weighted by atomic mass is 28.3. The molecule has 0 spiro atoms. The molecule has 1 aromatic rings. The van der Waals surface area contributed by atoms with Crippen LogP contribution in [0.1, 0.15) is 17.3 Å². The van der Waals surface area contributed by atoms with Gasteiger partial charge in [-0.15, -0.1) is 0 Å². The van der Waals surface area contributed by atoms with Crippen LogP contribution in [0, 0.1) is 0 Å². The molecule has 0 unspecified atom stereocenters. The van der Waals surface area contributed by atoms with Crippen molar-refractivity contribution >= 4 is 14.0 Å². The summed E-state index contributed by atoms with van der Waals surface area (Å²) in [6.07, 6.45) is 0. The van der Waals surface area contributed by atoms with Gasteiger partial charge in [0.2, 0.25) is 0 Å². The summed E-state index contributed by atoms with van der Waals surface area (Å²) in [6, 6.07) is 7.99. The predicted molar refractivity (Wildman–Crippen MR) is 82.0 cm³/mol. The van der Waals surface area contributed by atoms with Gasteiger partial charge in [-0.25, -0.2) is 4.79 Å². The van der Waals surface area contributed by atoms with Gasteiger partial charge in [0.05, 0.1) is 12.2 Å². The van der Waals surface area contributed by atoms with E-state index < -0.39 is 8.07 Å². The van der Waals surface area contributed by atoms with Crippen molar-refractivity contribution in [3.8, 4) is 5.75 Å². The summed E-state index contributed by atoms with van der Waals surface area (Å²) in [7, 11) is -1.05. The molecule has 0 aliphatic carbocycles. The van der Waals surface area contributed by atoms with Crippen LogP contribution in [0.3, 0.4) is 0 Å². The molecule has 5 heteroatoms. The predicted octanol–water partition coefficient (Wildman–Crippen LogP) is 3.55. The molecule has 0 N–H and O–H groups in total. The first-order chi connectivity index (χ1) is 9.42. The fraction of sp³-hybridized carbons (Fsp3) is 0.533. The maximum absolute atomic E-state index is 11.5. The average Bonchev–Trinajstić information content (AvgIpc) is 2.38. The van der Waals surface area contributed by atoms with E-state index in [1.807, 2.05) is 0 Å². The smallest absolute Gasteiger partial charge is 0.338 e. The Hall–Kier alpha value is -1.33. The molecule has 0 aliphatic heterocycles. The van der Waals surface area contributed by atoms with Crippen LogP contribution in [0.15, 0.2) is 24.3 Å². The van der Waals surface area contributed by atoms with Crippen molar-refractivity contribution in [2.75, 3.05) is 20.0 Å². The van der Waals surface area contributed by atoms with E-state index in [9.17, 15) is 4.79 Å². The summed E-state index contributed by atoms with van der Waals surface area (Å²) in [5, 5.41) is 0. The minimum Gasteiger partial charge on any atom is -0.468 e. The van der Waals surface area contributed by atoms with E-state index in [1.54, 1.807) is 31.2 Å². The van der Waals surface area contributed by atoms with E-state index in [0.717, 1.165) is 12.7 Å². The lowest BCUT2D eigenvalue weighted by molar-refractivity contribution is 0.0220. The molecule has 0 amide bonds. The molecule has 1 rings (SSSR count). The molecule has 1 aromatic carbocycles. The maximum atomic E-state index is 11.5. The van der Waals surface area contributed by atoms with Crippen LogP contribution in [0.5, 0.6) is 5.75 Å². The summed E-state index contributed by atoms with van der Waals surface area (Å²) in [4.78, 5) is 11.5. The Kier molecular flexibility index (Phi) is 6.74. The van der Waals surface area contributed by atoms with Crippen molar-refractivity contribution < 1.29 is 19.0 Å². The normalized spacial score (nSPS) is 11.2. The van der Waals surface area contributed by atoms with Gasteiger partial charge in [-0.05, 0) is 37.2 Å². The maximum Gasteiger partial charge on any atom is 0.338 e. The van der Waals surface area contributed by atoms with Crippen molar-refractivity contribution in [3.05, 3.63) is 29.8 Å². The third kappa shape index (κ3) is 6.72. The topological polar surface area (TPSA) is 44.8 Å². The Balaban J connectivity index is 2.30. The Morgan fingerprint density at radius 1 is 1.15 bits per heavy atom. The standard InChI is InChI=1S/C15H24O4Si/c1-5-18-15(16)13-6-8-14(9-7-13)19-12-17-10-11-20(2,3)4/h6-9H,5,10-12H2,1-4H3. The zero-order valence-corrected chi connectivity index (χ0v) is 13.8. The van der Waals surface area contributed by atoms with Crippen LogP contribution in [-0.4, -0.2) is 34.0 Å². The number of hydrogen-bond acceptors (Lipinski definition) is 4. The van der Waals surface area contributed by atoms with Gasteiger partial charge in [0.1, 0.15) is 5.75 Å². The Morgan fingerprint density at radius 2 is 1.80 bits per heavy atom. The molecule has 20 heavy (non-hydrogen) atoms. The summed E-state index contributed by atoms with van der Waals surface area (Å²) >= 11 is 0. The second-order valence-electron chi connectivity index (χ2n) is 5.73. The van der Waals surface area contributed by atoms with E-state index in [4.69, 9.17) is 14.2 Å². The van der Waals surface area contributed by atoms with Crippen LogP contribution in [-0.2, 0) is 9.47 Å². The molecule has 0 saturated carbocycles. The van der Waals surface area contributed by atoms with Gasteiger partial charge in [-0.3, -0.25) is 0 Å². The van der Waals surface area contributed by atoms with Crippen molar-refractivity contribution in [1.82, 2.24) is 0 Å². The number of hydrogen-bond donors (Lipinski definition) is 0. The fourth-order valence-electron chi connectivity index (χ4n) is 1.45. The third-order valence-corrected chi connectivity index (χ3v) is 4.37. The van der Waals surface area contributed by atoms with Gasteiger partial charge in [0.15, 0.2) is 6.79 Å². The third-order valence-electron chi connectivity index (χ3n) is 2.67. The zero-order valence-electron chi connectivity index (χ0n) is 12.8. The first kappa shape index (κ1) is 16.7. The number of carbonyl (C=O) groups excluding carboxylic acids is 1. The van der Waals surface area contributed by atoms with Gasteiger partial charge >= 0.3 is 5.97 Å². The van der Waals surface area contributed by atoms with Crippen molar-refractivity contribution in [2.45, 2.75) is 32.6 Å². The van der Waals surface area contributed by atoms with E-state index in [2.05, 4.69) is 19.6 Å². The molecule has 0 aromatic heterocycles. The monoisotopic (exact) mass is 296 g/mol. The van der Waals surface area contributed by atoms with E-state index in [-0.39, 0.29) is 12.8 Å². The van der Waals surface area contributed by atoms with Crippen LogP contribution in [0.4, 0.5) is 0 Å². The highest BCUT2D eigenvalue weighted by molar-refractivity contribution is 6.76. The summed E-state index contributed by atoms with van der Waals surface area (Å²) < 4.78 is 15.8. The fourth-order valence-corrected chi connectivity index (χ4v) is 2.21. The zero-order chi connectivity index (χ0) is 15.0. The molecule has 0 bridgehead atoms. The first-order valence-corrected chi connectivity index (χ1v) is 10.6. The van der Waals surface area contributed by atoms with Crippen molar-refractivity contribution in [1.29, 1.82) is 0 Å². The quantitative estimate of drug-likeness (QED) is 0.318. The lowest BCUT2D eigenvalue weighted by Crippen LogP contribution is -2.22. The van der Waals surface area contributed by atoms with Crippen LogP contribution >= 0.6 is 0 Å². The molecule has 112 valence electrons. The van der Waals surface area contributed by atoms with Gasteiger partial charge in [-0.1, -0.05) is 19.6 Å². The molecule has 0 atom stereocenters. The highest BCUT2D eigenvalue weighted by Gasteiger charge is 2.12. The van der Waals surface area contributed by atoms with Crippen molar-refractivity contribution in [3.63, 3.8) is 0 Å². The summed E-state index contributed by atoms with van der Waals surface area (Å²) in [6.45, 7) is 10.1. The molecule has 0 heterocycles. The van der Waals surface area contributed by atoms with Crippen molar-refractivity contribution in [2.24, 2.45) is 0 Å². The number of carbonyl (C=O) groups is 1. The Bertz CT molecular complexity index is 409. The number of benzene rings is 1. The van der Waals surface area contributed by atoms with Crippen LogP contribution in [0.2, 0.25) is 25.7 Å². The minimum atomic E-state index is -1.05. The SMILES string of the molecule is CCOC(=O)c1ccc(OCOCC[Si](C)(C)C)cc1. The Morgan fingerprint density at radius 3 is 2.35 bits per heavy atom. The molecular weight excluding hydrogens is 272 g/mol.